The smallest absolute Gasteiger partial charge is 0.270 e. The Morgan fingerprint density at radius 3 is 2.77 bits per heavy atom. The lowest BCUT2D eigenvalue weighted by atomic mass is 9.94. The Hall–Kier alpha value is -1.81. The largest absolute Gasteiger partial charge is 0.396 e. The number of nitrogens with zero attached hydrogens (tertiary/aromatic N) is 1. The van der Waals surface area contributed by atoms with Crippen molar-refractivity contribution in [2.24, 2.45) is 5.92 Å². The van der Waals surface area contributed by atoms with E-state index < -0.39 is 0 Å². The number of hydrogen-bond acceptors (Lipinski definition) is 2. The van der Waals surface area contributed by atoms with Crippen molar-refractivity contribution >= 4 is 16.8 Å². The van der Waals surface area contributed by atoms with Crippen LogP contribution in [0.15, 0.2) is 24.3 Å². The first kappa shape index (κ1) is 15.1. The molecule has 0 unspecified atom stereocenters. The molecule has 2 aromatic rings. The van der Waals surface area contributed by atoms with Crippen molar-refractivity contribution in [1.82, 2.24) is 9.88 Å². The van der Waals surface area contributed by atoms with Gasteiger partial charge < -0.3 is 15.0 Å². The highest BCUT2D eigenvalue weighted by Crippen LogP contribution is 2.23. The van der Waals surface area contributed by atoms with Gasteiger partial charge in [0.1, 0.15) is 5.69 Å². The molecule has 1 fully saturated rings. The topological polar surface area (TPSA) is 56.3 Å². The third kappa shape index (κ3) is 3.02. The van der Waals surface area contributed by atoms with Gasteiger partial charge in [0.15, 0.2) is 0 Å². The van der Waals surface area contributed by atoms with Crippen LogP contribution in [-0.4, -0.2) is 40.6 Å². The molecular formula is C18H24N2O2. The van der Waals surface area contributed by atoms with Gasteiger partial charge in [0.2, 0.25) is 0 Å². The van der Waals surface area contributed by atoms with Crippen molar-refractivity contribution in [3.05, 3.63) is 35.5 Å². The van der Waals surface area contributed by atoms with Gasteiger partial charge in [-0.3, -0.25) is 4.79 Å². The first-order valence-electron chi connectivity index (χ1n) is 8.23. The number of aliphatic hydroxyl groups is 1. The van der Waals surface area contributed by atoms with E-state index in [1.54, 1.807) is 0 Å². The maximum absolute atomic E-state index is 12.6. The fraction of sp³-hybridized carbons (Fsp3) is 0.500. The molecule has 2 N–H and O–H groups in total. The summed E-state index contributed by atoms with van der Waals surface area (Å²) in [6.07, 6.45) is 3.84. The summed E-state index contributed by atoms with van der Waals surface area (Å²) in [7, 11) is 0. The van der Waals surface area contributed by atoms with Crippen LogP contribution in [0, 0.1) is 5.92 Å². The first-order chi connectivity index (χ1) is 10.7. The summed E-state index contributed by atoms with van der Waals surface area (Å²) in [5.74, 6) is 0.653. The van der Waals surface area contributed by atoms with E-state index in [0.29, 0.717) is 11.6 Å². The van der Waals surface area contributed by atoms with Crippen molar-refractivity contribution < 1.29 is 9.90 Å². The minimum Gasteiger partial charge on any atom is -0.396 e. The number of aliphatic hydroxyl groups excluding tert-OH is 1. The van der Waals surface area contributed by atoms with Crippen LogP contribution in [0.4, 0.5) is 0 Å². The summed E-state index contributed by atoms with van der Waals surface area (Å²) in [6, 6.07) is 8.28. The maximum atomic E-state index is 12.6. The van der Waals surface area contributed by atoms with Gasteiger partial charge in [0.05, 0.1) is 0 Å². The molecule has 3 rings (SSSR count). The molecule has 1 aromatic heterocycles. The van der Waals surface area contributed by atoms with Gasteiger partial charge in [-0.25, -0.2) is 0 Å². The second kappa shape index (κ2) is 6.53. The van der Waals surface area contributed by atoms with Gasteiger partial charge in [0.25, 0.3) is 5.91 Å². The highest BCUT2D eigenvalue weighted by atomic mass is 16.3. The number of piperidine rings is 1. The van der Waals surface area contributed by atoms with Gasteiger partial charge in [-0.2, -0.15) is 0 Å². The van der Waals surface area contributed by atoms with Crippen LogP contribution < -0.4 is 0 Å². The van der Waals surface area contributed by atoms with Crippen LogP contribution in [0.2, 0.25) is 0 Å². The number of aromatic amines is 1. The molecule has 1 aliphatic heterocycles. The zero-order valence-corrected chi connectivity index (χ0v) is 13.1. The summed E-state index contributed by atoms with van der Waals surface area (Å²) in [4.78, 5) is 17.8. The number of nitrogens with one attached hydrogen (secondary N) is 1. The van der Waals surface area contributed by atoms with Crippen LogP contribution in [-0.2, 0) is 6.42 Å². The minimum absolute atomic E-state index is 0.0942. The number of benzene rings is 1. The Bertz CT molecular complexity index is 654. The summed E-state index contributed by atoms with van der Waals surface area (Å²) >= 11 is 0. The highest BCUT2D eigenvalue weighted by Gasteiger charge is 2.24. The van der Waals surface area contributed by atoms with Gasteiger partial charge in [-0.05, 0) is 55.4 Å². The van der Waals surface area contributed by atoms with E-state index in [4.69, 9.17) is 5.11 Å². The number of rotatable bonds is 4. The molecule has 0 bridgehead atoms. The van der Waals surface area contributed by atoms with Crippen LogP contribution in [0.25, 0.3) is 10.9 Å². The number of aryl methyl sites for hydroxylation is 1. The van der Waals surface area contributed by atoms with Crippen LogP contribution in [0.3, 0.4) is 0 Å². The molecule has 2 heterocycles. The summed E-state index contributed by atoms with van der Waals surface area (Å²) in [6.45, 7) is 3.97. The Labute approximate surface area is 131 Å². The lowest BCUT2D eigenvalue weighted by molar-refractivity contribution is 0.0673. The van der Waals surface area contributed by atoms with Crippen molar-refractivity contribution in [2.45, 2.75) is 32.6 Å². The number of H-pyrrole nitrogens is 1. The Morgan fingerprint density at radius 1 is 1.32 bits per heavy atom. The third-order valence-electron chi connectivity index (χ3n) is 4.76. The number of likely N-dealkylation sites (tertiary alicyclic amines) is 1. The van der Waals surface area contributed by atoms with Crippen molar-refractivity contribution in [3.8, 4) is 0 Å². The third-order valence-corrected chi connectivity index (χ3v) is 4.76. The standard InChI is InChI=1S/C18H24N2O2/c1-2-13-3-4-16-15(11-13)12-17(19-16)18(22)20-8-5-14(6-9-20)7-10-21/h3-4,11-12,14,19,21H,2,5-10H2,1H3. The van der Waals surface area contributed by atoms with E-state index in [9.17, 15) is 4.79 Å². The second-order valence-corrected chi connectivity index (χ2v) is 6.21. The second-order valence-electron chi connectivity index (χ2n) is 6.21. The number of fused-ring (bicyclic) bond motifs is 1. The van der Waals surface area contributed by atoms with Gasteiger partial charge in [-0.1, -0.05) is 13.0 Å². The van der Waals surface area contributed by atoms with E-state index in [2.05, 4.69) is 30.1 Å². The number of carbonyl (C=O) groups is 1. The van der Waals surface area contributed by atoms with Crippen molar-refractivity contribution in [2.75, 3.05) is 19.7 Å². The van der Waals surface area contributed by atoms with Gasteiger partial charge in [-0.15, -0.1) is 0 Å². The molecule has 1 aliphatic rings. The molecule has 0 radical (unpaired) electrons. The normalized spacial score (nSPS) is 16.4. The monoisotopic (exact) mass is 300 g/mol. The van der Waals surface area contributed by atoms with Crippen LogP contribution in [0.1, 0.15) is 42.2 Å². The summed E-state index contributed by atoms with van der Waals surface area (Å²) in [5, 5.41) is 10.1. The Kier molecular flexibility index (Phi) is 4.48. The Morgan fingerprint density at radius 2 is 2.09 bits per heavy atom. The van der Waals surface area contributed by atoms with Crippen LogP contribution in [0.5, 0.6) is 0 Å². The molecule has 0 atom stereocenters. The van der Waals surface area contributed by atoms with Gasteiger partial charge >= 0.3 is 0 Å². The number of carbonyl (C=O) groups excluding carboxylic acids is 1. The maximum Gasteiger partial charge on any atom is 0.270 e. The summed E-state index contributed by atoms with van der Waals surface area (Å²) in [5.41, 5.74) is 3.00. The quantitative estimate of drug-likeness (QED) is 0.912. The van der Waals surface area contributed by atoms with Crippen molar-refractivity contribution in [3.63, 3.8) is 0 Å². The summed E-state index contributed by atoms with van der Waals surface area (Å²) < 4.78 is 0. The highest BCUT2D eigenvalue weighted by molar-refractivity contribution is 5.98. The van der Waals surface area contributed by atoms with E-state index in [1.807, 2.05) is 11.0 Å². The van der Waals surface area contributed by atoms with E-state index in [0.717, 1.165) is 49.7 Å². The molecule has 118 valence electrons. The number of amides is 1. The number of aromatic nitrogens is 1. The molecule has 1 saturated heterocycles. The molecule has 4 nitrogen and oxygen atoms in total. The fourth-order valence-electron chi connectivity index (χ4n) is 3.29. The van der Waals surface area contributed by atoms with Crippen LogP contribution >= 0.6 is 0 Å². The lowest BCUT2D eigenvalue weighted by Gasteiger charge is -2.31. The van der Waals surface area contributed by atoms with Gasteiger partial charge in [0, 0.05) is 30.6 Å². The molecule has 0 aliphatic carbocycles. The Balaban J connectivity index is 1.72. The first-order valence-corrected chi connectivity index (χ1v) is 8.23. The van der Waals surface area contributed by atoms with E-state index in [-0.39, 0.29) is 12.5 Å². The van der Waals surface area contributed by atoms with E-state index >= 15 is 0 Å². The zero-order chi connectivity index (χ0) is 15.5. The molecule has 0 spiro atoms. The molecule has 1 amide bonds. The van der Waals surface area contributed by atoms with E-state index in [1.165, 1.54) is 5.56 Å². The average Bonchev–Trinajstić information content (AvgIpc) is 2.98. The zero-order valence-electron chi connectivity index (χ0n) is 13.1. The average molecular weight is 300 g/mol. The van der Waals surface area contributed by atoms with Crippen molar-refractivity contribution in [1.29, 1.82) is 0 Å². The molecule has 1 aromatic carbocycles. The predicted octanol–water partition coefficient (Wildman–Crippen LogP) is 2.96. The molecule has 22 heavy (non-hydrogen) atoms. The predicted molar refractivity (Wildman–Crippen MR) is 88.0 cm³/mol. The SMILES string of the molecule is CCc1ccc2[nH]c(C(=O)N3CCC(CCO)CC3)cc2c1. The number of hydrogen-bond donors (Lipinski definition) is 2. The molecular weight excluding hydrogens is 276 g/mol. The fourth-order valence-corrected chi connectivity index (χ4v) is 3.29. The molecule has 4 heteroatoms. The minimum atomic E-state index is 0.0942. The lowest BCUT2D eigenvalue weighted by Crippen LogP contribution is -2.38. The molecule has 0 saturated carbocycles.